The van der Waals surface area contributed by atoms with E-state index in [2.05, 4.69) is 5.32 Å². The van der Waals surface area contributed by atoms with Gasteiger partial charge in [-0.2, -0.15) is 5.26 Å². The number of nitrogens with zero attached hydrogens (tertiary/aromatic N) is 2. The van der Waals surface area contributed by atoms with Gasteiger partial charge in [-0.3, -0.25) is 14.9 Å². The molecule has 2 rings (SSSR count). The number of carbonyl (C=O) groups excluding carboxylic acids is 1. The Balaban J connectivity index is 2.26. The summed E-state index contributed by atoms with van der Waals surface area (Å²) in [6, 6.07) is 12.7. The topological polar surface area (TPSA) is 96.0 Å². The Hall–Kier alpha value is -3.20. The lowest BCUT2D eigenvalue weighted by Crippen LogP contribution is -2.12. The summed E-state index contributed by atoms with van der Waals surface area (Å²) in [5.74, 6) is -0.465. The number of carbonyl (C=O) groups is 1. The van der Waals surface area contributed by atoms with Crippen molar-refractivity contribution in [3.8, 4) is 6.07 Å². The van der Waals surface area contributed by atoms with Gasteiger partial charge in [-0.05, 0) is 31.2 Å². The van der Waals surface area contributed by atoms with E-state index in [0.29, 0.717) is 16.8 Å². The van der Waals surface area contributed by atoms with Gasteiger partial charge in [-0.15, -0.1) is 0 Å². The molecule has 0 saturated heterocycles. The zero-order chi connectivity index (χ0) is 15.4. The molecule has 0 radical (unpaired) electrons. The van der Waals surface area contributed by atoms with E-state index in [-0.39, 0.29) is 11.3 Å². The van der Waals surface area contributed by atoms with E-state index in [1.54, 1.807) is 25.1 Å². The Morgan fingerprint density at radius 1 is 1.29 bits per heavy atom. The largest absolute Gasteiger partial charge is 0.322 e. The highest BCUT2D eigenvalue weighted by Crippen LogP contribution is 2.20. The van der Waals surface area contributed by atoms with E-state index in [1.807, 2.05) is 6.07 Å². The van der Waals surface area contributed by atoms with E-state index in [0.717, 1.165) is 0 Å². The number of hydrogen-bond acceptors (Lipinski definition) is 4. The van der Waals surface area contributed by atoms with E-state index in [1.165, 1.54) is 24.3 Å². The summed E-state index contributed by atoms with van der Waals surface area (Å²) in [6.45, 7) is 1.61. The number of anilines is 1. The first-order chi connectivity index (χ1) is 10.0. The lowest BCUT2D eigenvalue weighted by Gasteiger charge is -2.06. The predicted molar refractivity (Wildman–Crippen MR) is 76.9 cm³/mol. The SMILES string of the molecule is Cc1ccc(C(=O)Nc2cccc(C#N)c2)cc1[N+](=O)[O-]. The van der Waals surface area contributed by atoms with Crippen molar-refractivity contribution in [1.82, 2.24) is 0 Å². The third-order valence-electron chi connectivity index (χ3n) is 2.92. The van der Waals surface area contributed by atoms with Crippen LogP contribution in [0.2, 0.25) is 0 Å². The van der Waals surface area contributed by atoms with Gasteiger partial charge in [0.25, 0.3) is 11.6 Å². The van der Waals surface area contributed by atoms with Crippen molar-refractivity contribution in [2.24, 2.45) is 0 Å². The van der Waals surface area contributed by atoms with Crippen LogP contribution in [0.4, 0.5) is 11.4 Å². The molecule has 1 N–H and O–H groups in total. The Morgan fingerprint density at radius 2 is 2.05 bits per heavy atom. The molecule has 1 amide bonds. The van der Waals surface area contributed by atoms with Crippen LogP contribution in [0.5, 0.6) is 0 Å². The van der Waals surface area contributed by atoms with Crippen LogP contribution in [-0.4, -0.2) is 10.8 Å². The highest BCUT2D eigenvalue weighted by atomic mass is 16.6. The smallest absolute Gasteiger partial charge is 0.273 e. The average Bonchev–Trinajstić information content (AvgIpc) is 2.47. The second kappa shape index (κ2) is 5.84. The summed E-state index contributed by atoms with van der Waals surface area (Å²) in [6.07, 6.45) is 0. The minimum atomic E-state index is -0.525. The molecule has 2 aromatic carbocycles. The van der Waals surface area contributed by atoms with Crippen molar-refractivity contribution in [2.45, 2.75) is 6.92 Å². The first-order valence-electron chi connectivity index (χ1n) is 6.08. The van der Waals surface area contributed by atoms with Crippen molar-refractivity contribution < 1.29 is 9.72 Å². The van der Waals surface area contributed by atoms with Gasteiger partial charge in [-0.1, -0.05) is 12.1 Å². The zero-order valence-corrected chi connectivity index (χ0v) is 11.2. The van der Waals surface area contributed by atoms with Crippen LogP contribution >= 0.6 is 0 Å². The minimum Gasteiger partial charge on any atom is -0.322 e. The van der Waals surface area contributed by atoms with Gasteiger partial charge >= 0.3 is 0 Å². The summed E-state index contributed by atoms with van der Waals surface area (Å²) < 4.78 is 0. The molecule has 104 valence electrons. The zero-order valence-electron chi connectivity index (χ0n) is 11.2. The number of amides is 1. The maximum atomic E-state index is 12.1. The number of nitro benzene ring substituents is 1. The van der Waals surface area contributed by atoms with E-state index in [4.69, 9.17) is 5.26 Å². The maximum absolute atomic E-state index is 12.1. The van der Waals surface area contributed by atoms with Crippen LogP contribution in [0.1, 0.15) is 21.5 Å². The summed E-state index contributed by atoms with van der Waals surface area (Å²) >= 11 is 0. The molecule has 0 fully saturated rings. The lowest BCUT2D eigenvalue weighted by molar-refractivity contribution is -0.385. The van der Waals surface area contributed by atoms with Crippen molar-refractivity contribution in [3.63, 3.8) is 0 Å². The molecular weight excluding hydrogens is 270 g/mol. The normalized spacial score (nSPS) is 9.71. The van der Waals surface area contributed by atoms with Crippen molar-refractivity contribution in [1.29, 1.82) is 5.26 Å². The molecule has 0 unspecified atom stereocenters. The van der Waals surface area contributed by atoms with Crippen LogP contribution in [0.15, 0.2) is 42.5 Å². The van der Waals surface area contributed by atoms with Gasteiger partial charge in [0.2, 0.25) is 0 Å². The number of rotatable bonds is 3. The van der Waals surface area contributed by atoms with Crippen molar-refractivity contribution >= 4 is 17.3 Å². The Morgan fingerprint density at radius 3 is 2.71 bits per heavy atom. The molecule has 6 nitrogen and oxygen atoms in total. The first-order valence-corrected chi connectivity index (χ1v) is 6.08. The van der Waals surface area contributed by atoms with E-state index < -0.39 is 10.8 Å². The van der Waals surface area contributed by atoms with Gasteiger partial charge in [0.1, 0.15) is 0 Å². The molecule has 0 spiro atoms. The van der Waals surface area contributed by atoms with Crippen LogP contribution in [-0.2, 0) is 0 Å². The fraction of sp³-hybridized carbons (Fsp3) is 0.0667. The Labute approximate surface area is 120 Å². The second-order valence-corrected chi connectivity index (χ2v) is 4.41. The number of nitrogens with one attached hydrogen (secondary N) is 1. The fourth-order valence-electron chi connectivity index (χ4n) is 1.82. The van der Waals surface area contributed by atoms with Crippen LogP contribution < -0.4 is 5.32 Å². The molecule has 6 heteroatoms. The Bertz CT molecular complexity index is 763. The molecule has 0 aromatic heterocycles. The summed E-state index contributed by atoms with van der Waals surface area (Å²) in [4.78, 5) is 22.4. The van der Waals surface area contributed by atoms with Gasteiger partial charge in [0.15, 0.2) is 0 Å². The molecule has 0 aliphatic heterocycles. The molecule has 0 heterocycles. The molecule has 0 atom stereocenters. The van der Waals surface area contributed by atoms with Gasteiger partial charge in [-0.25, -0.2) is 0 Å². The molecular formula is C15H11N3O3. The lowest BCUT2D eigenvalue weighted by atomic mass is 10.1. The van der Waals surface area contributed by atoms with Gasteiger partial charge in [0.05, 0.1) is 16.6 Å². The minimum absolute atomic E-state index is 0.103. The monoisotopic (exact) mass is 281 g/mol. The molecule has 21 heavy (non-hydrogen) atoms. The summed E-state index contributed by atoms with van der Waals surface area (Å²) in [7, 11) is 0. The summed E-state index contributed by atoms with van der Waals surface area (Å²) in [5.41, 5.74) is 1.45. The van der Waals surface area contributed by atoms with Crippen LogP contribution in [0, 0.1) is 28.4 Å². The standard InChI is InChI=1S/C15H11N3O3/c1-10-5-6-12(8-14(10)18(20)21)15(19)17-13-4-2-3-11(7-13)9-16/h2-8H,1H3,(H,17,19). The average molecular weight is 281 g/mol. The molecule has 0 aliphatic carbocycles. The van der Waals surface area contributed by atoms with Crippen LogP contribution in [0.25, 0.3) is 0 Å². The molecule has 0 saturated carbocycles. The maximum Gasteiger partial charge on any atom is 0.273 e. The third kappa shape index (κ3) is 3.22. The van der Waals surface area contributed by atoms with Crippen molar-refractivity contribution in [2.75, 3.05) is 5.32 Å². The number of hydrogen-bond donors (Lipinski definition) is 1. The molecule has 0 bridgehead atoms. The van der Waals surface area contributed by atoms with E-state index >= 15 is 0 Å². The molecule has 0 aliphatic rings. The molecule has 2 aromatic rings. The quantitative estimate of drug-likeness (QED) is 0.690. The van der Waals surface area contributed by atoms with Gasteiger partial charge in [0, 0.05) is 22.9 Å². The third-order valence-corrected chi connectivity index (χ3v) is 2.92. The number of benzene rings is 2. The fourth-order valence-corrected chi connectivity index (χ4v) is 1.82. The number of nitro groups is 1. The highest BCUT2D eigenvalue weighted by molar-refractivity contribution is 6.04. The Kier molecular flexibility index (Phi) is 3.95. The van der Waals surface area contributed by atoms with Crippen LogP contribution in [0.3, 0.4) is 0 Å². The first kappa shape index (κ1) is 14.2. The highest BCUT2D eigenvalue weighted by Gasteiger charge is 2.15. The van der Waals surface area contributed by atoms with E-state index in [9.17, 15) is 14.9 Å². The van der Waals surface area contributed by atoms with Crippen molar-refractivity contribution in [3.05, 3.63) is 69.3 Å². The number of aryl methyl sites for hydroxylation is 1. The second-order valence-electron chi connectivity index (χ2n) is 4.41. The predicted octanol–water partition coefficient (Wildman–Crippen LogP) is 3.03. The van der Waals surface area contributed by atoms with Gasteiger partial charge < -0.3 is 5.32 Å². The summed E-state index contributed by atoms with van der Waals surface area (Å²) in [5, 5.41) is 22.3. The number of nitriles is 1.